The molecule has 1 saturated heterocycles. The topological polar surface area (TPSA) is 93.1 Å². The van der Waals surface area contributed by atoms with Crippen LogP contribution in [0.3, 0.4) is 0 Å². The summed E-state index contributed by atoms with van der Waals surface area (Å²) in [6.45, 7) is 6.36. The summed E-state index contributed by atoms with van der Waals surface area (Å²) in [5.74, 6) is -1.42. The van der Waals surface area contributed by atoms with E-state index >= 15 is 0 Å². The lowest BCUT2D eigenvalue weighted by Crippen LogP contribution is -2.29. The van der Waals surface area contributed by atoms with E-state index < -0.39 is 17.7 Å². The van der Waals surface area contributed by atoms with Gasteiger partial charge in [-0.2, -0.15) is 0 Å². The Morgan fingerprint density at radius 1 is 0.974 bits per heavy atom. The number of carbonyl (C=O) groups excluding carboxylic acids is 3. The van der Waals surface area contributed by atoms with E-state index in [0.717, 1.165) is 23.1 Å². The van der Waals surface area contributed by atoms with Gasteiger partial charge in [0.25, 0.3) is 11.7 Å². The van der Waals surface area contributed by atoms with Gasteiger partial charge in [-0.1, -0.05) is 43.3 Å². The zero-order valence-electron chi connectivity index (χ0n) is 22.0. The number of Topliss-reactive ketones (excluding diaryl/α,β-unsaturated/α-hetero) is 1. The molecule has 0 aromatic heterocycles. The van der Waals surface area contributed by atoms with Gasteiger partial charge in [0.05, 0.1) is 31.8 Å². The summed E-state index contributed by atoms with van der Waals surface area (Å²) in [6, 6.07) is 18.7. The standard InChI is InChI=1S/C31H31NO6/c1-5-16-38-25-15-12-22(17-20(25)3)29(34)27-28(24-9-7-6-8-19(24)2)32(31(36)30(27)35)23-13-10-21(11-14-23)18-26(33)37-4/h6-15,17,28,34H,5,16,18H2,1-4H3/b29-27+. The summed E-state index contributed by atoms with van der Waals surface area (Å²) in [5.41, 5.74) is 4.05. The lowest BCUT2D eigenvalue weighted by Gasteiger charge is -2.27. The van der Waals surface area contributed by atoms with Crippen LogP contribution in [0, 0.1) is 13.8 Å². The van der Waals surface area contributed by atoms with Gasteiger partial charge in [-0.3, -0.25) is 19.3 Å². The van der Waals surface area contributed by atoms with Crippen molar-refractivity contribution in [1.82, 2.24) is 0 Å². The minimum atomic E-state index is -0.834. The van der Waals surface area contributed by atoms with Crippen LogP contribution in [-0.2, 0) is 25.5 Å². The number of nitrogens with zero attached hydrogens (tertiary/aromatic N) is 1. The second-order valence-corrected chi connectivity index (χ2v) is 9.27. The number of benzene rings is 3. The van der Waals surface area contributed by atoms with Gasteiger partial charge in [0, 0.05) is 11.3 Å². The average molecular weight is 514 g/mol. The minimum Gasteiger partial charge on any atom is -0.507 e. The molecular formula is C31H31NO6. The van der Waals surface area contributed by atoms with E-state index in [2.05, 4.69) is 0 Å². The Balaban J connectivity index is 1.83. The minimum absolute atomic E-state index is 0.0181. The largest absolute Gasteiger partial charge is 0.507 e. The molecule has 1 heterocycles. The predicted molar refractivity (Wildman–Crippen MR) is 145 cm³/mol. The van der Waals surface area contributed by atoms with Crippen molar-refractivity contribution in [1.29, 1.82) is 0 Å². The van der Waals surface area contributed by atoms with Crippen LogP contribution in [0.5, 0.6) is 5.75 Å². The van der Waals surface area contributed by atoms with E-state index in [9.17, 15) is 19.5 Å². The van der Waals surface area contributed by atoms with E-state index in [0.29, 0.717) is 29.2 Å². The summed E-state index contributed by atoms with van der Waals surface area (Å²) in [6.07, 6.45) is 0.957. The van der Waals surface area contributed by atoms with E-state index in [1.165, 1.54) is 12.0 Å². The van der Waals surface area contributed by atoms with Crippen molar-refractivity contribution < 1.29 is 29.0 Å². The van der Waals surface area contributed by atoms with Crippen molar-refractivity contribution in [3.63, 3.8) is 0 Å². The highest BCUT2D eigenvalue weighted by atomic mass is 16.5. The summed E-state index contributed by atoms with van der Waals surface area (Å²) in [5, 5.41) is 11.4. The monoisotopic (exact) mass is 513 g/mol. The molecule has 1 unspecified atom stereocenters. The maximum Gasteiger partial charge on any atom is 0.309 e. The van der Waals surface area contributed by atoms with Crippen LogP contribution in [0.4, 0.5) is 5.69 Å². The Kier molecular flexibility index (Phi) is 7.96. The molecule has 3 aromatic rings. The van der Waals surface area contributed by atoms with Gasteiger partial charge in [-0.05, 0) is 72.9 Å². The number of amides is 1. The van der Waals surface area contributed by atoms with Crippen LogP contribution in [0.1, 0.15) is 47.2 Å². The van der Waals surface area contributed by atoms with Gasteiger partial charge < -0.3 is 14.6 Å². The Labute approximate surface area is 222 Å². The molecule has 0 spiro atoms. The second kappa shape index (κ2) is 11.3. The van der Waals surface area contributed by atoms with Gasteiger partial charge >= 0.3 is 5.97 Å². The third kappa shape index (κ3) is 5.18. The first kappa shape index (κ1) is 26.7. The number of aryl methyl sites for hydroxylation is 2. The number of esters is 1. The lowest BCUT2D eigenvalue weighted by molar-refractivity contribution is -0.139. The number of aliphatic hydroxyl groups excluding tert-OH is 1. The first-order chi connectivity index (χ1) is 18.3. The average Bonchev–Trinajstić information content (AvgIpc) is 3.18. The molecule has 0 bridgehead atoms. The molecule has 1 atom stereocenters. The molecule has 38 heavy (non-hydrogen) atoms. The molecular weight excluding hydrogens is 482 g/mol. The second-order valence-electron chi connectivity index (χ2n) is 9.27. The van der Waals surface area contributed by atoms with Crippen molar-refractivity contribution in [2.75, 3.05) is 18.6 Å². The molecule has 4 rings (SSSR count). The van der Waals surface area contributed by atoms with Crippen molar-refractivity contribution in [3.05, 3.63) is 100 Å². The van der Waals surface area contributed by atoms with E-state index in [1.807, 2.05) is 45.0 Å². The highest BCUT2D eigenvalue weighted by Crippen LogP contribution is 2.43. The summed E-state index contributed by atoms with van der Waals surface area (Å²) >= 11 is 0. The molecule has 0 saturated carbocycles. The number of anilines is 1. The lowest BCUT2D eigenvalue weighted by atomic mass is 9.92. The van der Waals surface area contributed by atoms with Gasteiger partial charge in [0.2, 0.25) is 0 Å². The van der Waals surface area contributed by atoms with E-state index in [1.54, 1.807) is 42.5 Å². The fourth-order valence-electron chi connectivity index (χ4n) is 4.63. The fraction of sp³-hybridized carbons (Fsp3) is 0.258. The zero-order chi connectivity index (χ0) is 27.4. The maximum absolute atomic E-state index is 13.4. The van der Waals surface area contributed by atoms with E-state index in [4.69, 9.17) is 9.47 Å². The van der Waals surface area contributed by atoms with Crippen LogP contribution in [0.2, 0.25) is 0 Å². The number of hydrogen-bond acceptors (Lipinski definition) is 6. The Morgan fingerprint density at radius 3 is 2.32 bits per heavy atom. The van der Waals surface area contributed by atoms with Crippen molar-refractivity contribution in [3.8, 4) is 5.75 Å². The summed E-state index contributed by atoms with van der Waals surface area (Å²) < 4.78 is 10.5. The zero-order valence-corrected chi connectivity index (χ0v) is 22.0. The third-order valence-corrected chi connectivity index (χ3v) is 6.63. The number of ketones is 1. The molecule has 1 amide bonds. The number of rotatable bonds is 8. The fourth-order valence-corrected chi connectivity index (χ4v) is 4.63. The van der Waals surface area contributed by atoms with Gasteiger partial charge in [0.15, 0.2) is 0 Å². The molecule has 0 radical (unpaired) electrons. The molecule has 196 valence electrons. The van der Waals surface area contributed by atoms with Crippen molar-refractivity contribution >= 4 is 29.1 Å². The molecule has 3 aromatic carbocycles. The van der Waals surface area contributed by atoms with Crippen LogP contribution in [0.15, 0.2) is 72.3 Å². The summed E-state index contributed by atoms with van der Waals surface area (Å²) in [7, 11) is 1.33. The Hall–Kier alpha value is -4.39. The summed E-state index contributed by atoms with van der Waals surface area (Å²) in [4.78, 5) is 40.0. The van der Waals surface area contributed by atoms with Gasteiger partial charge in [-0.25, -0.2) is 0 Å². The number of ether oxygens (including phenoxy) is 2. The van der Waals surface area contributed by atoms with Crippen molar-refractivity contribution in [2.45, 2.75) is 39.7 Å². The number of carbonyl (C=O) groups is 3. The van der Waals surface area contributed by atoms with Crippen LogP contribution >= 0.6 is 0 Å². The molecule has 1 aliphatic heterocycles. The van der Waals surface area contributed by atoms with Gasteiger partial charge in [-0.15, -0.1) is 0 Å². The SMILES string of the molecule is CCCOc1ccc(/C(O)=C2\C(=O)C(=O)N(c3ccc(CC(=O)OC)cc3)C2c2ccccc2C)cc1C. The molecule has 1 fully saturated rings. The molecule has 0 aliphatic carbocycles. The smallest absolute Gasteiger partial charge is 0.309 e. The molecule has 7 nitrogen and oxygen atoms in total. The van der Waals surface area contributed by atoms with Crippen LogP contribution in [0.25, 0.3) is 5.76 Å². The third-order valence-electron chi connectivity index (χ3n) is 6.63. The number of methoxy groups -OCH3 is 1. The normalized spacial score (nSPS) is 16.5. The van der Waals surface area contributed by atoms with Gasteiger partial charge in [0.1, 0.15) is 11.5 Å². The van der Waals surface area contributed by atoms with Crippen LogP contribution in [-0.4, -0.2) is 36.5 Å². The number of aliphatic hydroxyl groups is 1. The Morgan fingerprint density at radius 2 is 1.68 bits per heavy atom. The first-order valence-electron chi connectivity index (χ1n) is 12.5. The molecule has 7 heteroatoms. The molecule has 1 aliphatic rings. The highest BCUT2D eigenvalue weighted by Gasteiger charge is 2.47. The molecule has 1 N–H and O–H groups in total. The first-order valence-corrected chi connectivity index (χ1v) is 12.5. The Bertz CT molecular complexity index is 1410. The van der Waals surface area contributed by atoms with Crippen LogP contribution < -0.4 is 9.64 Å². The van der Waals surface area contributed by atoms with E-state index in [-0.39, 0.29) is 23.7 Å². The highest BCUT2D eigenvalue weighted by molar-refractivity contribution is 6.51. The van der Waals surface area contributed by atoms with Crippen molar-refractivity contribution in [2.24, 2.45) is 0 Å². The quantitative estimate of drug-likeness (QED) is 0.187. The predicted octanol–water partition coefficient (Wildman–Crippen LogP) is 5.43. The number of hydrogen-bond donors (Lipinski definition) is 1. The maximum atomic E-state index is 13.4.